The van der Waals surface area contributed by atoms with Crippen molar-refractivity contribution in [3.63, 3.8) is 0 Å². The highest BCUT2D eigenvalue weighted by molar-refractivity contribution is 5.84. The number of likely N-dealkylation sites (N-methyl/N-ethyl adjacent to an activating group) is 1. The average molecular weight is 376 g/mol. The molecule has 1 rings (SSSR count). The van der Waals surface area contributed by atoms with E-state index in [2.05, 4.69) is 72.6 Å². The van der Waals surface area contributed by atoms with Gasteiger partial charge in [0.1, 0.15) is 6.54 Å². The number of rotatable bonds is 10. The van der Waals surface area contributed by atoms with Crippen molar-refractivity contribution in [2.45, 2.75) is 39.8 Å². The molecule has 2 N–H and O–H groups in total. The van der Waals surface area contributed by atoms with Gasteiger partial charge < -0.3 is 15.5 Å². The zero-order valence-corrected chi connectivity index (χ0v) is 17.8. The molecule has 0 aliphatic heterocycles. The second-order valence-corrected chi connectivity index (χ2v) is 7.69. The van der Waals surface area contributed by atoms with Crippen LogP contribution in [0.25, 0.3) is 0 Å². The summed E-state index contributed by atoms with van der Waals surface area (Å²) in [5.74, 6) is 1.21. The molecular formula is C21H37N5O. The SMILES string of the molecule is CC(C)CNC(=NCC(=O)N(C)C)NCCC(C)N(C)Cc1ccccc1. The number of hydrogen-bond acceptors (Lipinski definition) is 3. The predicted octanol–water partition coefficient (Wildman–Crippen LogP) is 2.18. The van der Waals surface area contributed by atoms with Gasteiger partial charge in [0, 0.05) is 39.8 Å². The molecule has 1 unspecified atom stereocenters. The molecule has 6 heteroatoms. The molecule has 0 aliphatic carbocycles. The van der Waals surface area contributed by atoms with Crippen LogP contribution in [0.5, 0.6) is 0 Å². The van der Waals surface area contributed by atoms with Gasteiger partial charge in [0.2, 0.25) is 5.91 Å². The Hall–Kier alpha value is -2.08. The molecule has 0 aliphatic rings. The molecule has 152 valence electrons. The summed E-state index contributed by atoms with van der Waals surface area (Å²) in [6, 6.07) is 10.9. The highest BCUT2D eigenvalue weighted by Crippen LogP contribution is 2.07. The first-order valence-electron chi connectivity index (χ1n) is 9.76. The van der Waals surface area contributed by atoms with E-state index < -0.39 is 0 Å². The van der Waals surface area contributed by atoms with Crippen LogP contribution in [-0.4, -0.2) is 68.5 Å². The van der Waals surface area contributed by atoms with Gasteiger partial charge in [0.25, 0.3) is 0 Å². The van der Waals surface area contributed by atoms with Crippen molar-refractivity contribution in [1.29, 1.82) is 0 Å². The van der Waals surface area contributed by atoms with Crippen LogP contribution in [0.2, 0.25) is 0 Å². The van der Waals surface area contributed by atoms with Gasteiger partial charge in [-0.15, -0.1) is 0 Å². The molecule has 0 saturated heterocycles. The standard InChI is InChI=1S/C21H37N5O/c1-17(2)14-23-21(24-15-20(27)25(4)5)22-13-12-18(3)26(6)16-19-10-8-7-9-11-19/h7-11,17-18H,12-16H2,1-6H3,(H2,22,23,24). The van der Waals surface area contributed by atoms with E-state index in [0.29, 0.717) is 17.9 Å². The number of hydrogen-bond donors (Lipinski definition) is 2. The van der Waals surface area contributed by atoms with Gasteiger partial charge in [-0.1, -0.05) is 44.2 Å². The van der Waals surface area contributed by atoms with E-state index in [-0.39, 0.29) is 12.5 Å². The molecule has 0 bridgehead atoms. The average Bonchev–Trinajstić information content (AvgIpc) is 2.63. The fraction of sp³-hybridized carbons (Fsp3) is 0.619. The van der Waals surface area contributed by atoms with Gasteiger partial charge in [-0.25, -0.2) is 4.99 Å². The number of carbonyl (C=O) groups is 1. The van der Waals surface area contributed by atoms with E-state index in [1.165, 1.54) is 5.56 Å². The van der Waals surface area contributed by atoms with Crippen molar-refractivity contribution < 1.29 is 4.79 Å². The summed E-state index contributed by atoms with van der Waals surface area (Å²) in [6.07, 6.45) is 0.993. The monoisotopic (exact) mass is 375 g/mol. The molecular weight excluding hydrogens is 338 g/mol. The highest BCUT2D eigenvalue weighted by atomic mass is 16.2. The Morgan fingerprint density at radius 2 is 1.74 bits per heavy atom. The van der Waals surface area contributed by atoms with Crippen LogP contribution < -0.4 is 10.6 Å². The topological polar surface area (TPSA) is 60.0 Å². The molecule has 27 heavy (non-hydrogen) atoms. The Balaban J connectivity index is 2.48. The third kappa shape index (κ3) is 9.99. The van der Waals surface area contributed by atoms with Gasteiger partial charge in [-0.3, -0.25) is 9.69 Å². The predicted molar refractivity (Wildman–Crippen MR) is 114 cm³/mol. The molecule has 1 aromatic carbocycles. The van der Waals surface area contributed by atoms with Crippen molar-refractivity contribution in [1.82, 2.24) is 20.4 Å². The molecule has 1 atom stereocenters. The minimum atomic E-state index is -0.00314. The maximum Gasteiger partial charge on any atom is 0.243 e. The fourth-order valence-electron chi connectivity index (χ4n) is 2.41. The van der Waals surface area contributed by atoms with Crippen molar-refractivity contribution in [2.75, 3.05) is 40.8 Å². The summed E-state index contributed by atoms with van der Waals surface area (Å²) >= 11 is 0. The third-order valence-corrected chi connectivity index (χ3v) is 4.43. The number of benzene rings is 1. The van der Waals surface area contributed by atoms with E-state index >= 15 is 0 Å². The summed E-state index contributed by atoms with van der Waals surface area (Å²) in [5, 5.41) is 6.67. The van der Waals surface area contributed by atoms with E-state index in [1.807, 2.05) is 6.07 Å². The molecule has 0 fully saturated rings. The maximum atomic E-state index is 11.8. The summed E-state index contributed by atoms with van der Waals surface area (Å²) in [7, 11) is 5.65. The lowest BCUT2D eigenvalue weighted by molar-refractivity contribution is -0.127. The second kappa shape index (κ2) is 12.3. The maximum absolute atomic E-state index is 11.8. The van der Waals surface area contributed by atoms with Crippen molar-refractivity contribution in [3.8, 4) is 0 Å². The minimum absolute atomic E-state index is 0.00314. The van der Waals surface area contributed by atoms with E-state index in [1.54, 1.807) is 19.0 Å². The van der Waals surface area contributed by atoms with E-state index in [9.17, 15) is 4.79 Å². The van der Waals surface area contributed by atoms with Crippen LogP contribution in [0.15, 0.2) is 35.3 Å². The number of guanidine groups is 1. The molecule has 0 aromatic heterocycles. The van der Waals surface area contributed by atoms with Crippen LogP contribution in [0.3, 0.4) is 0 Å². The Morgan fingerprint density at radius 1 is 1.07 bits per heavy atom. The molecule has 0 radical (unpaired) electrons. The molecule has 0 heterocycles. The molecule has 0 saturated carbocycles. The second-order valence-electron chi connectivity index (χ2n) is 7.69. The first kappa shape index (κ1) is 23.0. The van der Waals surface area contributed by atoms with Gasteiger partial charge >= 0.3 is 0 Å². The van der Waals surface area contributed by atoms with Crippen LogP contribution in [0.1, 0.15) is 32.8 Å². The number of nitrogens with zero attached hydrogens (tertiary/aromatic N) is 3. The highest BCUT2D eigenvalue weighted by Gasteiger charge is 2.10. The quantitative estimate of drug-likeness (QED) is 0.486. The summed E-state index contributed by atoms with van der Waals surface area (Å²) in [5.41, 5.74) is 1.32. The van der Waals surface area contributed by atoms with Crippen molar-refractivity contribution in [3.05, 3.63) is 35.9 Å². The van der Waals surface area contributed by atoms with Crippen molar-refractivity contribution >= 4 is 11.9 Å². The lowest BCUT2D eigenvalue weighted by Crippen LogP contribution is -2.42. The summed E-state index contributed by atoms with van der Waals surface area (Å²) in [4.78, 5) is 20.1. The zero-order valence-electron chi connectivity index (χ0n) is 17.8. The van der Waals surface area contributed by atoms with Gasteiger partial charge in [-0.2, -0.15) is 0 Å². The number of carbonyl (C=O) groups excluding carboxylic acids is 1. The lowest BCUT2D eigenvalue weighted by atomic mass is 10.1. The summed E-state index contributed by atoms with van der Waals surface area (Å²) in [6.45, 7) is 9.26. The number of amides is 1. The number of aliphatic imine (C=N–C) groups is 1. The van der Waals surface area contributed by atoms with E-state index in [4.69, 9.17) is 0 Å². The van der Waals surface area contributed by atoms with Crippen LogP contribution >= 0.6 is 0 Å². The Labute approximate surface area is 165 Å². The Kier molecular flexibility index (Phi) is 10.5. The summed E-state index contributed by atoms with van der Waals surface area (Å²) < 4.78 is 0. The van der Waals surface area contributed by atoms with E-state index in [0.717, 1.165) is 26.1 Å². The van der Waals surface area contributed by atoms with Crippen LogP contribution in [-0.2, 0) is 11.3 Å². The normalized spacial score (nSPS) is 13.0. The molecule has 1 amide bonds. The zero-order chi connectivity index (χ0) is 20.2. The van der Waals surface area contributed by atoms with Crippen LogP contribution in [0, 0.1) is 5.92 Å². The first-order chi connectivity index (χ1) is 12.8. The largest absolute Gasteiger partial charge is 0.356 e. The Bertz CT molecular complexity index is 571. The Morgan fingerprint density at radius 3 is 2.33 bits per heavy atom. The van der Waals surface area contributed by atoms with Gasteiger partial charge in [-0.05, 0) is 31.9 Å². The first-order valence-corrected chi connectivity index (χ1v) is 9.76. The lowest BCUT2D eigenvalue weighted by Gasteiger charge is -2.25. The number of nitrogens with one attached hydrogen (secondary N) is 2. The molecule has 0 spiro atoms. The van der Waals surface area contributed by atoms with Gasteiger partial charge in [0.15, 0.2) is 5.96 Å². The fourth-order valence-corrected chi connectivity index (χ4v) is 2.41. The minimum Gasteiger partial charge on any atom is -0.356 e. The molecule has 6 nitrogen and oxygen atoms in total. The van der Waals surface area contributed by atoms with Gasteiger partial charge in [0.05, 0.1) is 0 Å². The van der Waals surface area contributed by atoms with Crippen LogP contribution in [0.4, 0.5) is 0 Å². The smallest absolute Gasteiger partial charge is 0.243 e. The third-order valence-electron chi connectivity index (χ3n) is 4.43. The van der Waals surface area contributed by atoms with Crippen molar-refractivity contribution in [2.24, 2.45) is 10.9 Å². The molecule has 1 aromatic rings.